The molecule has 0 saturated heterocycles. The van der Waals surface area contributed by atoms with E-state index in [1.54, 1.807) is 6.92 Å². The molecule has 84 valence electrons. The summed E-state index contributed by atoms with van der Waals surface area (Å²) in [6, 6.07) is 0. The van der Waals surface area contributed by atoms with Gasteiger partial charge in [0.2, 0.25) is 0 Å². The number of carbonyl (C=O) groups is 1. The molecule has 0 N–H and O–H groups in total. The fraction of sp³-hybridized carbons (Fsp3) is 0.909. The molecule has 1 atom stereocenters. The van der Waals surface area contributed by atoms with Crippen molar-refractivity contribution in [3.05, 3.63) is 0 Å². The van der Waals surface area contributed by atoms with Crippen LogP contribution in [-0.4, -0.2) is 41.3 Å². The molecular formula is C11H23NOS. The molecule has 14 heavy (non-hydrogen) atoms. The SMILES string of the molecule is CCN(CC)CCSC(C)CC(C)=O. The van der Waals surface area contributed by atoms with Gasteiger partial charge in [0.15, 0.2) is 0 Å². The maximum absolute atomic E-state index is 10.8. The Morgan fingerprint density at radius 2 is 1.93 bits per heavy atom. The summed E-state index contributed by atoms with van der Waals surface area (Å²) in [5, 5.41) is 0.475. The van der Waals surface area contributed by atoms with E-state index in [1.165, 1.54) is 0 Å². The second-order valence-corrected chi connectivity index (χ2v) is 5.16. The van der Waals surface area contributed by atoms with Crippen molar-refractivity contribution in [1.29, 1.82) is 0 Å². The molecule has 0 aromatic carbocycles. The molecule has 0 radical (unpaired) electrons. The molecule has 0 spiro atoms. The smallest absolute Gasteiger partial charge is 0.130 e. The third-order valence-corrected chi connectivity index (χ3v) is 3.43. The van der Waals surface area contributed by atoms with Crippen molar-refractivity contribution >= 4 is 17.5 Å². The molecule has 0 amide bonds. The van der Waals surface area contributed by atoms with Crippen LogP contribution in [0, 0.1) is 0 Å². The molecule has 1 unspecified atom stereocenters. The summed E-state index contributed by atoms with van der Waals surface area (Å²) in [4.78, 5) is 13.2. The Kier molecular flexibility index (Phi) is 8.29. The highest BCUT2D eigenvalue weighted by Gasteiger charge is 2.06. The van der Waals surface area contributed by atoms with Gasteiger partial charge < -0.3 is 4.90 Å². The average Bonchev–Trinajstić information content (AvgIpc) is 2.11. The zero-order chi connectivity index (χ0) is 11.0. The lowest BCUT2D eigenvalue weighted by atomic mass is 10.2. The highest BCUT2D eigenvalue weighted by molar-refractivity contribution is 7.99. The highest BCUT2D eigenvalue weighted by Crippen LogP contribution is 2.14. The second kappa shape index (κ2) is 8.30. The quantitative estimate of drug-likeness (QED) is 0.623. The standard InChI is InChI=1S/C11H23NOS/c1-5-12(6-2)7-8-14-11(4)9-10(3)13/h11H,5-9H2,1-4H3. The summed E-state index contributed by atoms with van der Waals surface area (Å²) < 4.78 is 0. The topological polar surface area (TPSA) is 20.3 Å². The third-order valence-electron chi connectivity index (χ3n) is 2.28. The Hall–Kier alpha value is -0.0200. The van der Waals surface area contributed by atoms with Crippen molar-refractivity contribution < 1.29 is 4.79 Å². The van der Waals surface area contributed by atoms with Crippen LogP contribution in [0.2, 0.25) is 0 Å². The monoisotopic (exact) mass is 217 g/mol. The maximum atomic E-state index is 10.8. The first-order valence-electron chi connectivity index (χ1n) is 5.43. The number of rotatable bonds is 8. The van der Waals surface area contributed by atoms with E-state index in [0.717, 1.165) is 25.4 Å². The Bertz CT molecular complexity index is 157. The van der Waals surface area contributed by atoms with Crippen molar-refractivity contribution in [2.24, 2.45) is 0 Å². The molecule has 3 heteroatoms. The van der Waals surface area contributed by atoms with Crippen LogP contribution in [0.4, 0.5) is 0 Å². The van der Waals surface area contributed by atoms with E-state index < -0.39 is 0 Å². The number of carbonyl (C=O) groups excluding carboxylic acids is 1. The summed E-state index contributed by atoms with van der Waals surface area (Å²) in [5.41, 5.74) is 0. The minimum Gasteiger partial charge on any atom is -0.303 e. The molecule has 2 nitrogen and oxygen atoms in total. The van der Waals surface area contributed by atoms with Gasteiger partial charge in [-0.1, -0.05) is 20.8 Å². The van der Waals surface area contributed by atoms with Gasteiger partial charge in [-0.2, -0.15) is 11.8 Å². The van der Waals surface area contributed by atoms with E-state index in [2.05, 4.69) is 25.7 Å². The van der Waals surface area contributed by atoms with Crippen molar-refractivity contribution in [2.45, 2.75) is 39.4 Å². The maximum Gasteiger partial charge on any atom is 0.130 e. The molecule has 0 saturated carbocycles. The highest BCUT2D eigenvalue weighted by atomic mass is 32.2. The fourth-order valence-corrected chi connectivity index (χ4v) is 2.51. The molecule has 0 aliphatic carbocycles. The molecule has 0 rings (SSSR count). The van der Waals surface area contributed by atoms with Crippen LogP contribution in [0.3, 0.4) is 0 Å². The molecular weight excluding hydrogens is 194 g/mol. The number of hydrogen-bond acceptors (Lipinski definition) is 3. The number of nitrogens with zero attached hydrogens (tertiary/aromatic N) is 1. The van der Waals surface area contributed by atoms with Crippen LogP contribution in [0.25, 0.3) is 0 Å². The van der Waals surface area contributed by atoms with Gasteiger partial charge in [-0.15, -0.1) is 0 Å². The van der Waals surface area contributed by atoms with E-state index >= 15 is 0 Å². The Morgan fingerprint density at radius 3 is 2.36 bits per heavy atom. The van der Waals surface area contributed by atoms with Gasteiger partial charge in [0.05, 0.1) is 0 Å². The zero-order valence-electron chi connectivity index (χ0n) is 9.88. The molecule has 0 aliphatic heterocycles. The molecule has 0 fully saturated rings. The average molecular weight is 217 g/mol. The van der Waals surface area contributed by atoms with Crippen molar-refractivity contribution in [2.75, 3.05) is 25.4 Å². The van der Waals surface area contributed by atoms with Gasteiger partial charge in [0, 0.05) is 24.0 Å². The molecule has 0 aromatic heterocycles. The van der Waals surface area contributed by atoms with Crippen molar-refractivity contribution in [3.63, 3.8) is 0 Å². The van der Waals surface area contributed by atoms with Gasteiger partial charge in [0.25, 0.3) is 0 Å². The first kappa shape index (κ1) is 14.0. The van der Waals surface area contributed by atoms with Crippen LogP contribution in [0.1, 0.15) is 34.1 Å². The van der Waals surface area contributed by atoms with Crippen LogP contribution in [0.5, 0.6) is 0 Å². The number of thioether (sulfide) groups is 1. The predicted molar refractivity (Wildman–Crippen MR) is 65.0 cm³/mol. The molecule has 0 bridgehead atoms. The number of ketones is 1. The van der Waals surface area contributed by atoms with Crippen LogP contribution in [0.15, 0.2) is 0 Å². The van der Waals surface area contributed by atoms with Gasteiger partial charge in [-0.05, 0) is 20.0 Å². The Balaban J connectivity index is 3.47. The van der Waals surface area contributed by atoms with Gasteiger partial charge >= 0.3 is 0 Å². The lowest BCUT2D eigenvalue weighted by Gasteiger charge is -2.18. The fourth-order valence-electron chi connectivity index (χ4n) is 1.39. The second-order valence-electron chi connectivity index (χ2n) is 3.61. The Morgan fingerprint density at radius 1 is 1.36 bits per heavy atom. The van der Waals surface area contributed by atoms with Crippen molar-refractivity contribution in [3.8, 4) is 0 Å². The van der Waals surface area contributed by atoms with Crippen LogP contribution in [-0.2, 0) is 4.79 Å². The van der Waals surface area contributed by atoms with E-state index in [-0.39, 0.29) is 0 Å². The van der Waals surface area contributed by atoms with Crippen LogP contribution < -0.4 is 0 Å². The summed E-state index contributed by atoms with van der Waals surface area (Å²) in [7, 11) is 0. The first-order valence-corrected chi connectivity index (χ1v) is 6.48. The van der Waals surface area contributed by atoms with E-state index in [0.29, 0.717) is 17.5 Å². The lowest BCUT2D eigenvalue weighted by Crippen LogP contribution is -2.25. The first-order chi connectivity index (χ1) is 6.60. The summed E-state index contributed by atoms with van der Waals surface area (Å²) in [6.07, 6.45) is 0.711. The predicted octanol–water partition coefficient (Wildman–Crippen LogP) is 2.43. The molecule has 0 aromatic rings. The number of Topliss-reactive ketones (excluding diaryl/α,β-unsaturated/α-hetero) is 1. The van der Waals surface area contributed by atoms with Gasteiger partial charge in [-0.3, -0.25) is 4.79 Å². The lowest BCUT2D eigenvalue weighted by molar-refractivity contribution is -0.116. The van der Waals surface area contributed by atoms with Crippen LogP contribution >= 0.6 is 11.8 Å². The van der Waals surface area contributed by atoms with E-state index in [1.807, 2.05) is 11.8 Å². The largest absolute Gasteiger partial charge is 0.303 e. The van der Waals surface area contributed by atoms with Gasteiger partial charge in [-0.25, -0.2) is 0 Å². The molecule has 0 aliphatic rings. The molecule has 0 heterocycles. The summed E-state index contributed by atoms with van der Waals surface area (Å²) in [5.74, 6) is 1.43. The minimum absolute atomic E-state index is 0.299. The van der Waals surface area contributed by atoms with Crippen molar-refractivity contribution in [1.82, 2.24) is 4.90 Å². The zero-order valence-corrected chi connectivity index (χ0v) is 10.7. The number of hydrogen-bond donors (Lipinski definition) is 0. The summed E-state index contributed by atoms with van der Waals surface area (Å²) >= 11 is 1.90. The third kappa shape index (κ3) is 7.39. The van der Waals surface area contributed by atoms with E-state index in [9.17, 15) is 4.79 Å². The van der Waals surface area contributed by atoms with Gasteiger partial charge in [0.1, 0.15) is 5.78 Å². The summed E-state index contributed by atoms with van der Waals surface area (Å²) in [6.45, 7) is 11.6. The Labute approximate surface area is 92.4 Å². The van der Waals surface area contributed by atoms with E-state index in [4.69, 9.17) is 0 Å². The minimum atomic E-state index is 0.299. The normalized spacial score (nSPS) is 13.2.